The molecule has 1 amide bonds. The van der Waals surface area contributed by atoms with Crippen molar-refractivity contribution in [2.45, 2.75) is 17.9 Å². The highest BCUT2D eigenvalue weighted by molar-refractivity contribution is 7.85. The number of phenols is 1. The number of carbonyl (C=O) groups is 1. The summed E-state index contributed by atoms with van der Waals surface area (Å²) in [5.74, 6) is -0.357. The van der Waals surface area contributed by atoms with Gasteiger partial charge < -0.3 is 5.11 Å². The second-order valence-corrected chi connectivity index (χ2v) is 6.26. The van der Waals surface area contributed by atoms with Crippen molar-refractivity contribution < 1.29 is 27.7 Å². The number of hydroxylamine groups is 1. The van der Waals surface area contributed by atoms with Gasteiger partial charge >= 0.3 is 0 Å². The van der Waals surface area contributed by atoms with Crippen molar-refractivity contribution in [3.8, 4) is 5.75 Å². The van der Waals surface area contributed by atoms with E-state index < -0.39 is 16.2 Å². The van der Waals surface area contributed by atoms with E-state index in [9.17, 15) is 22.9 Å². The quantitative estimate of drug-likeness (QED) is 0.728. The fourth-order valence-corrected chi connectivity index (χ4v) is 2.66. The maximum absolute atomic E-state index is 11.6. The first-order valence-electron chi connectivity index (χ1n) is 6.27. The van der Waals surface area contributed by atoms with E-state index in [0.717, 1.165) is 11.2 Å². The minimum Gasteiger partial charge on any atom is -0.508 e. The molecule has 1 aliphatic rings. The summed E-state index contributed by atoms with van der Waals surface area (Å²) in [6.45, 7) is 1.57. The molecule has 1 fully saturated rings. The fourth-order valence-electron chi connectivity index (χ4n) is 2.12. The van der Waals surface area contributed by atoms with Crippen LogP contribution in [-0.2, 0) is 19.8 Å². The lowest BCUT2D eigenvalue weighted by Gasteiger charge is -2.35. The first kappa shape index (κ1) is 14.6. The Hall–Kier alpha value is -2.36. The topological polar surface area (TPSA) is 116 Å². The summed E-state index contributed by atoms with van der Waals surface area (Å²) in [6, 6.07) is 6.69. The van der Waals surface area contributed by atoms with Gasteiger partial charge in [0.25, 0.3) is 16.0 Å². The van der Waals surface area contributed by atoms with E-state index in [2.05, 4.69) is 5.43 Å². The van der Waals surface area contributed by atoms with Crippen molar-refractivity contribution in [3.05, 3.63) is 30.3 Å². The molecule has 2 aromatic carbocycles. The lowest BCUT2D eigenvalue weighted by molar-refractivity contribution is -0.252. The molecule has 3 rings (SSSR count). The summed E-state index contributed by atoms with van der Waals surface area (Å²) in [5.41, 5.74) is 2.81. The number of nitrogens with one attached hydrogen (secondary N) is 1. The third kappa shape index (κ3) is 2.45. The lowest BCUT2D eigenvalue weighted by atomic mass is 10.1. The first-order chi connectivity index (χ1) is 10.3. The van der Waals surface area contributed by atoms with Crippen LogP contribution >= 0.6 is 0 Å². The normalized spacial score (nSPS) is 18.4. The Morgan fingerprint density at radius 2 is 2.00 bits per heavy atom. The van der Waals surface area contributed by atoms with Gasteiger partial charge in [-0.2, -0.15) is 8.42 Å². The van der Waals surface area contributed by atoms with Gasteiger partial charge in [-0.1, -0.05) is 6.07 Å². The fraction of sp³-hybridized carbons (Fsp3) is 0.154. The Labute approximate surface area is 125 Å². The Kier molecular flexibility index (Phi) is 3.20. The molecule has 2 aromatic rings. The minimum atomic E-state index is -4.42. The molecule has 0 radical (unpaired) electrons. The van der Waals surface area contributed by atoms with Gasteiger partial charge in [0.05, 0.1) is 10.6 Å². The number of hydrogen-bond donors (Lipinski definition) is 3. The maximum Gasteiger partial charge on any atom is 0.297 e. The lowest BCUT2D eigenvalue weighted by Crippen LogP contribution is -2.55. The summed E-state index contributed by atoms with van der Waals surface area (Å²) in [4.78, 5) is 16.3. The van der Waals surface area contributed by atoms with Gasteiger partial charge in [-0.05, 0) is 36.6 Å². The standard InChI is InChI=1S/C13H12N2O6S/c1-7-13(17)15(21-7)14-12-6-10(22(18,19)20)4-8-2-3-9(16)5-11(8)12/h2-7,14,16H,1H3,(H,18,19,20). The summed E-state index contributed by atoms with van der Waals surface area (Å²) < 4.78 is 31.9. The van der Waals surface area contributed by atoms with Gasteiger partial charge in [-0.15, -0.1) is 5.17 Å². The van der Waals surface area contributed by atoms with E-state index in [1.807, 2.05) is 0 Å². The molecule has 1 unspecified atom stereocenters. The number of rotatable bonds is 3. The van der Waals surface area contributed by atoms with Crippen LogP contribution in [0.25, 0.3) is 10.8 Å². The molecule has 3 N–H and O–H groups in total. The van der Waals surface area contributed by atoms with Gasteiger partial charge in [0, 0.05) is 5.39 Å². The molecule has 0 aromatic heterocycles. The molecule has 8 nitrogen and oxygen atoms in total. The number of amides is 1. The van der Waals surface area contributed by atoms with Crippen molar-refractivity contribution in [1.82, 2.24) is 5.17 Å². The summed E-state index contributed by atoms with van der Waals surface area (Å²) >= 11 is 0. The highest BCUT2D eigenvalue weighted by Gasteiger charge is 2.35. The number of anilines is 1. The van der Waals surface area contributed by atoms with Gasteiger partial charge in [0.15, 0.2) is 6.10 Å². The number of fused-ring (bicyclic) bond motifs is 1. The van der Waals surface area contributed by atoms with Crippen LogP contribution < -0.4 is 5.43 Å². The largest absolute Gasteiger partial charge is 0.508 e. The van der Waals surface area contributed by atoms with Crippen LogP contribution in [0, 0.1) is 0 Å². The molecular formula is C13H12N2O6S. The predicted octanol–water partition coefficient (Wildman–Crippen LogP) is 1.28. The van der Waals surface area contributed by atoms with Gasteiger partial charge in [-0.3, -0.25) is 14.8 Å². The number of aromatic hydroxyl groups is 1. The predicted molar refractivity (Wildman–Crippen MR) is 76.4 cm³/mol. The number of nitrogens with zero attached hydrogens (tertiary/aromatic N) is 1. The zero-order chi connectivity index (χ0) is 16.1. The Bertz CT molecular complexity index is 879. The molecule has 1 atom stereocenters. The zero-order valence-corrected chi connectivity index (χ0v) is 12.2. The third-order valence-corrected chi connectivity index (χ3v) is 4.07. The molecule has 116 valence electrons. The number of hydrogen-bond acceptors (Lipinski definition) is 6. The summed E-state index contributed by atoms with van der Waals surface area (Å²) in [6.07, 6.45) is -0.586. The van der Waals surface area contributed by atoms with E-state index in [1.54, 1.807) is 6.92 Å². The van der Waals surface area contributed by atoms with Crippen molar-refractivity contribution in [3.63, 3.8) is 0 Å². The monoisotopic (exact) mass is 324 g/mol. The van der Waals surface area contributed by atoms with Crippen LogP contribution in [0.2, 0.25) is 0 Å². The summed E-state index contributed by atoms with van der Waals surface area (Å²) in [7, 11) is -4.42. The van der Waals surface area contributed by atoms with E-state index in [0.29, 0.717) is 10.8 Å². The van der Waals surface area contributed by atoms with E-state index in [-0.39, 0.29) is 22.2 Å². The van der Waals surface area contributed by atoms with Gasteiger partial charge in [0.2, 0.25) is 0 Å². The highest BCUT2D eigenvalue weighted by atomic mass is 32.2. The molecule has 22 heavy (non-hydrogen) atoms. The van der Waals surface area contributed by atoms with E-state index in [4.69, 9.17) is 4.84 Å². The molecule has 0 spiro atoms. The van der Waals surface area contributed by atoms with Crippen LogP contribution in [0.3, 0.4) is 0 Å². The molecule has 1 heterocycles. The SMILES string of the molecule is CC1ON(Nc2cc(S(=O)(=O)O)cc3ccc(O)cc23)C1=O. The number of carbonyl (C=O) groups excluding carboxylic acids is 1. The van der Waals surface area contributed by atoms with Crippen molar-refractivity contribution in [1.29, 1.82) is 0 Å². The number of phenolic OH excluding ortho intramolecular Hbond substituents is 1. The second-order valence-electron chi connectivity index (χ2n) is 4.84. The van der Waals surface area contributed by atoms with Gasteiger partial charge in [0.1, 0.15) is 5.75 Å². The average Bonchev–Trinajstić information content (AvgIpc) is 2.45. The Morgan fingerprint density at radius 1 is 1.27 bits per heavy atom. The summed E-state index contributed by atoms with van der Waals surface area (Å²) in [5, 5.41) is 11.4. The van der Waals surface area contributed by atoms with Crippen molar-refractivity contribution >= 4 is 32.5 Å². The first-order valence-corrected chi connectivity index (χ1v) is 7.71. The molecule has 9 heteroatoms. The molecule has 0 saturated carbocycles. The van der Waals surface area contributed by atoms with Crippen LogP contribution in [0.15, 0.2) is 35.2 Å². The van der Waals surface area contributed by atoms with Crippen LogP contribution in [0.1, 0.15) is 6.92 Å². The van der Waals surface area contributed by atoms with E-state index >= 15 is 0 Å². The molecular weight excluding hydrogens is 312 g/mol. The number of hydrazine groups is 1. The maximum atomic E-state index is 11.6. The van der Waals surface area contributed by atoms with Crippen molar-refractivity contribution in [2.75, 3.05) is 5.43 Å². The number of benzene rings is 2. The zero-order valence-electron chi connectivity index (χ0n) is 11.3. The Balaban J connectivity index is 2.13. The molecule has 0 aliphatic carbocycles. The molecule has 1 saturated heterocycles. The smallest absolute Gasteiger partial charge is 0.297 e. The van der Waals surface area contributed by atoms with E-state index in [1.165, 1.54) is 24.3 Å². The second kappa shape index (κ2) is 4.83. The molecule has 1 aliphatic heterocycles. The molecule has 0 bridgehead atoms. The van der Waals surface area contributed by atoms with Crippen molar-refractivity contribution in [2.24, 2.45) is 0 Å². The van der Waals surface area contributed by atoms with Crippen LogP contribution in [0.5, 0.6) is 5.75 Å². The minimum absolute atomic E-state index is 0.0284. The van der Waals surface area contributed by atoms with Gasteiger partial charge in [-0.25, -0.2) is 4.84 Å². The Morgan fingerprint density at radius 3 is 2.59 bits per heavy atom. The average molecular weight is 324 g/mol. The van der Waals surface area contributed by atoms with Crippen LogP contribution in [-0.4, -0.2) is 35.3 Å². The van der Waals surface area contributed by atoms with Crippen LogP contribution in [0.4, 0.5) is 5.69 Å². The highest BCUT2D eigenvalue weighted by Crippen LogP contribution is 2.31. The third-order valence-electron chi connectivity index (χ3n) is 3.24.